The Kier molecular flexibility index (Phi) is 5.72. The summed E-state index contributed by atoms with van der Waals surface area (Å²) in [5.41, 5.74) is 1.65. The number of thiazole rings is 1. The van der Waals surface area contributed by atoms with Crippen molar-refractivity contribution in [3.63, 3.8) is 0 Å². The maximum Gasteiger partial charge on any atom is 0.297 e. The van der Waals surface area contributed by atoms with Gasteiger partial charge in [-0.1, -0.05) is 0 Å². The van der Waals surface area contributed by atoms with E-state index in [0.29, 0.717) is 39.9 Å². The third-order valence-electron chi connectivity index (χ3n) is 6.11. The van der Waals surface area contributed by atoms with Crippen LogP contribution in [0.4, 0.5) is 5.13 Å². The Hall–Kier alpha value is -3.85. The van der Waals surface area contributed by atoms with Crippen molar-refractivity contribution >= 4 is 33.3 Å². The van der Waals surface area contributed by atoms with Gasteiger partial charge in [0.2, 0.25) is 5.76 Å². The summed E-state index contributed by atoms with van der Waals surface area (Å²) in [6.07, 6.45) is 0. The zero-order valence-corrected chi connectivity index (χ0v) is 20.8. The van der Waals surface area contributed by atoms with E-state index < -0.39 is 11.9 Å². The monoisotopic (exact) mass is 492 g/mol. The molecule has 1 amide bonds. The average molecular weight is 493 g/mol. The SMILES string of the molecule is CCOc1ccc2c(=O)c3c(oc2c1)C(=O)N(c1nc(C)c(C)s1)C3c1cc(OC)ccc1OC. The van der Waals surface area contributed by atoms with Gasteiger partial charge in [0.05, 0.1) is 37.5 Å². The summed E-state index contributed by atoms with van der Waals surface area (Å²) in [7, 11) is 3.10. The molecule has 3 heterocycles. The number of carbonyl (C=O) groups is 1. The largest absolute Gasteiger partial charge is 0.497 e. The molecule has 0 spiro atoms. The molecule has 1 aliphatic rings. The number of amides is 1. The number of rotatable bonds is 6. The normalized spacial score (nSPS) is 14.9. The van der Waals surface area contributed by atoms with Crippen molar-refractivity contribution in [3.05, 3.63) is 74.1 Å². The second-order valence-corrected chi connectivity index (χ2v) is 9.27. The van der Waals surface area contributed by atoms with Gasteiger partial charge in [-0.2, -0.15) is 0 Å². The molecule has 0 aliphatic carbocycles. The van der Waals surface area contributed by atoms with E-state index in [-0.39, 0.29) is 22.3 Å². The van der Waals surface area contributed by atoms with Crippen LogP contribution in [-0.2, 0) is 0 Å². The van der Waals surface area contributed by atoms with E-state index in [9.17, 15) is 9.59 Å². The maximum absolute atomic E-state index is 13.9. The molecule has 0 saturated carbocycles. The molecule has 1 atom stereocenters. The molecule has 1 aliphatic heterocycles. The van der Waals surface area contributed by atoms with E-state index in [1.807, 2.05) is 20.8 Å². The van der Waals surface area contributed by atoms with Crippen molar-refractivity contribution in [2.24, 2.45) is 0 Å². The molecule has 1 unspecified atom stereocenters. The molecule has 4 aromatic rings. The van der Waals surface area contributed by atoms with Gasteiger partial charge in [-0.25, -0.2) is 4.98 Å². The van der Waals surface area contributed by atoms with E-state index in [4.69, 9.17) is 18.6 Å². The van der Waals surface area contributed by atoms with Gasteiger partial charge in [0, 0.05) is 16.5 Å². The summed E-state index contributed by atoms with van der Waals surface area (Å²) >= 11 is 1.39. The number of hydrogen-bond donors (Lipinski definition) is 0. The minimum absolute atomic E-state index is 0.0171. The highest BCUT2D eigenvalue weighted by Crippen LogP contribution is 2.46. The van der Waals surface area contributed by atoms with Crippen molar-refractivity contribution in [2.45, 2.75) is 26.8 Å². The second-order valence-electron chi connectivity index (χ2n) is 8.09. The topological polar surface area (TPSA) is 91.1 Å². The Bertz CT molecular complexity index is 1500. The second kappa shape index (κ2) is 8.74. The molecule has 180 valence electrons. The molecule has 2 aromatic carbocycles. The minimum atomic E-state index is -0.806. The fraction of sp³-hybridized carbons (Fsp3) is 0.269. The number of hydrogen-bond acceptors (Lipinski definition) is 8. The Labute approximate surface area is 205 Å². The van der Waals surface area contributed by atoms with E-state index in [1.54, 1.807) is 50.6 Å². The summed E-state index contributed by atoms with van der Waals surface area (Å²) in [6.45, 7) is 6.16. The smallest absolute Gasteiger partial charge is 0.297 e. The third kappa shape index (κ3) is 3.63. The van der Waals surface area contributed by atoms with Crippen molar-refractivity contribution in [1.82, 2.24) is 4.98 Å². The van der Waals surface area contributed by atoms with Gasteiger partial charge in [-0.3, -0.25) is 14.5 Å². The van der Waals surface area contributed by atoms with Crippen molar-refractivity contribution in [1.29, 1.82) is 0 Å². The fourth-order valence-corrected chi connectivity index (χ4v) is 5.25. The lowest BCUT2D eigenvalue weighted by atomic mass is 9.97. The summed E-state index contributed by atoms with van der Waals surface area (Å²) < 4.78 is 22.7. The van der Waals surface area contributed by atoms with Crippen molar-refractivity contribution in [2.75, 3.05) is 25.7 Å². The molecule has 0 bridgehead atoms. The number of methoxy groups -OCH3 is 2. The zero-order valence-electron chi connectivity index (χ0n) is 20.0. The van der Waals surface area contributed by atoms with Gasteiger partial charge < -0.3 is 18.6 Å². The van der Waals surface area contributed by atoms with Gasteiger partial charge in [0.25, 0.3) is 5.91 Å². The molecule has 2 aromatic heterocycles. The highest BCUT2D eigenvalue weighted by molar-refractivity contribution is 7.15. The molecule has 35 heavy (non-hydrogen) atoms. The van der Waals surface area contributed by atoms with Gasteiger partial charge >= 0.3 is 0 Å². The average Bonchev–Trinajstić information content (AvgIpc) is 3.34. The summed E-state index contributed by atoms with van der Waals surface area (Å²) in [5.74, 6) is 1.18. The Morgan fingerprint density at radius 2 is 1.83 bits per heavy atom. The molecule has 0 N–H and O–H groups in total. The van der Waals surface area contributed by atoms with Crippen LogP contribution in [0, 0.1) is 13.8 Å². The lowest BCUT2D eigenvalue weighted by Crippen LogP contribution is -2.29. The predicted molar refractivity (Wildman–Crippen MR) is 133 cm³/mol. The molecule has 0 saturated heterocycles. The number of ether oxygens (including phenoxy) is 3. The van der Waals surface area contributed by atoms with Gasteiger partial charge in [0.1, 0.15) is 28.9 Å². The standard InChI is InChI=1S/C26H24N2O6S/c1-6-33-16-7-9-17-20(12-16)34-24-21(23(17)29)22(18-11-15(31-4)8-10-19(18)32-5)28(25(24)30)26-27-13(2)14(3)35-26/h7-12,22H,6H2,1-5H3. The van der Waals surface area contributed by atoms with Crippen LogP contribution >= 0.6 is 11.3 Å². The maximum atomic E-state index is 13.9. The number of nitrogens with zero attached hydrogens (tertiary/aromatic N) is 2. The van der Waals surface area contributed by atoms with Crippen molar-refractivity contribution in [3.8, 4) is 17.2 Å². The summed E-state index contributed by atoms with van der Waals surface area (Å²) in [6, 6.07) is 9.50. The number of fused-ring (bicyclic) bond motifs is 2. The molecule has 8 nitrogen and oxygen atoms in total. The first-order valence-corrected chi connectivity index (χ1v) is 11.9. The molecular formula is C26H24N2O6S. The zero-order chi connectivity index (χ0) is 24.9. The van der Waals surface area contributed by atoms with Crippen LogP contribution in [0.1, 0.15) is 45.2 Å². The van der Waals surface area contributed by atoms with Gasteiger partial charge in [-0.05, 0) is 51.1 Å². The third-order valence-corrected chi connectivity index (χ3v) is 7.18. The number of aromatic nitrogens is 1. The van der Waals surface area contributed by atoms with Crippen LogP contribution in [0.15, 0.2) is 45.6 Å². The number of anilines is 1. The molecule has 0 radical (unpaired) electrons. The summed E-state index contributed by atoms with van der Waals surface area (Å²) in [5, 5.41) is 0.838. The van der Waals surface area contributed by atoms with Gasteiger partial charge in [0.15, 0.2) is 10.6 Å². The van der Waals surface area contributed by atoms with Crippen molar-refractivity contribution < 1.29 is 23.4 Å². The first-order valence-electron chi connectivity index (χ1n) is 11.1. The first-order chi connectivity index (χ1) is 16.9. The highest BCUT2D eigenvalue weighted by Gasteiger charge is 2.46. The number of carbonyl (C=O) groups excluding carboxylic acids is 1. The first kappa shape index (κ1) is 22.9. The fourth-order valence-electron chi connectivity index (χ4n) is 4.31. The van der Waals surface area contributed by atoms with E-state index >= 15 is 0 Å². The molecule has 9 heteroatoms. The number of benzene rings is 2. The predicted octanol–water partition coefficient (Wildman–Crippen LogP) is 5.03. The number of aryl methyl sites for hydroxylation is 2. The van der Waals surface area contributed by atoms with Crippen LogP contribution in [0.3, 0.4) is 0 Å². The molecule has 0 fully saturated rings. The molecular weight excluding hydrogens is 468 g/mol. The van der Waals surface area contributed by atoms with E-state index in [0.717, 1.165) is 10.6 Å². The Balaban J connectivity index is 1.82. The van der Waals surface area contributed by atoms with Crippen LogP contribution in [-0.4, -0.2) is 31.7 Å². The molecule has 5 rings (SSSR count). The highest BCUT2D eigenvalue weighted by atomic mass is 32.1. The quantitative estimate of drug-likeness (QED) is 0.373. The summed E-state index contributed by atoms with van der Waals surface area (Å²) in [4.78, 5) is 34.8. The lowest BCUT2D eigenvalue weighted by molar-refractivity contribution is 0.0970. The lowest BCUT2D eigenvalue weighted by Gasteiger charge is -2.24. The van der Waals surface area contributed by atoms with E-state index in [2.05, 4.69) is 4.98 Å². The Morgan fingerprint density at radius 3 is 2.49 bits per heavy atom. The van der Waals surface area contributed by atoms with Crippen LogP contribution < -0.4 is 24.5 Å². The van der Waals surface area contributed by atoms with Crippen LogP contribution in [0.25, 0.3) is 11.0 Å². The minimum Gasteiger partial charge on any atom is -0.497 e. The van der Waals surface area contributed by atoms with E-state index in [1.165, 1.54) is 16.2 Å². The Morgan fingerprint density at radius 1 is 1.06 bits per heavy atom. The van der Waals surface area contributed by atoms with Crippen LogP contribution in [0.2, 0.25) is 0 Å². The van der Waals surface area contributed by atoms with Gasteiger partial charge in [-0.15, -0.1) is 11.3 Å². The van der Waals surface area contributed by atoms with Crippen LogP contribution in [0.5, 0.6) is 17.2 Å².